The molecule has 3 aromatic rings. The van der Waals surface area contributed by atoms with Crippen molar-refractivity contribution in [2.75, 3.05) is 5.32 Å². The van der Waals surface area contributed by atoms with Crippen LogP contribution in [0.4, 0.5) is 5.13 Å². The lowest BCUT2D eigenvalue weighted by atomic mass is 10.2. The number of carbonyl (C=O) groups excluding carboxylic acids is 1. The van der Waals surface area contributed by atoms with Gasteiger partial charge in [0.2, 0.25) is 5.91 Å². The van der Waals surface area contributed by atoms with Crippen LogP contribution in [0.2, 0.25) is 5.02 Å². The summed E-state index contributed by atoms with van der Waals surface area (Å²) in [4.78, 5) is 16.6. The van der Waals surface area contributed by atoms with Crippen LogP contribution in [0.3, 0.4) is 0 Å². The van der Waals surface area contributed by atoms with Gasteiger partial charge in [-0.1, -0.05) is 49.3 Å². The molecule has 2 unspecified atom stereocenters. The number of aromatic nitrogens is 4. The number of halogens is 1. The molecule has 0 radical (unpaired) electrons. The Labute approximate surface area is 189 Å². The maximum absolute atomic E-state index is 12.5. The number of hydrogen-bond acceptors (Lipinski definition) is 7. The highest BCUT2D eigenvalue weighted by Crippen LogP contribution is 2.31. The second-order valence-electron chi connectivity index (χ2n) is 7.12. The minimum absolute atomic E-state index is 0.129. The van der Waals surface area contributed by atoms with Gasteiger partial charge in [0.1, 0.15) is 5.75 Å². The highest BCUT2D eigenvalue weighted by molar-refractivity contribution is 8.00. The van der Waals surface area contributed by atoms with E-state index in [-0.39, 0.29) is 17.3 Å². The van der Waals surface area contributed by atoms with Gasteiger partial charge in [-0.2, -0.15) is 0 Å². The predicted octanol–water partition coefficient (Wildman–Crippen LogP) is 5.30. The second-order valence-corrected chi connectivity index (χ2v) is 9.73. The Bertz CT molecular complexity index is 977. The van der Waals surface area contributed by atoms with Gasteiger partial charge in [0, 0.05) is 18.1 Å². The van der Waals surface area contributed by atoms with Gasteiger partial charge in [0.25, 0.3) is 0 Å². The fourth-order valence-electron chi connectivity index (χ4n) is 2.71. The van der Waals surface area contributed by atoms with E-state index in [0.29, 0.717) is 39.3 Å². The number of para-hydroxylation sites is 1. The van der Waals surface area contributed by atoms with Crippen LogP contribution >= 0.6 is 34.7 Å². The maximum Gasteiger partial charge on any atom is 0.239 e. The number of amides is 1. The summed E-state index contributed by atoms with van der Waals surface area (Å²) in [6, 6.07) is 7.33. The monoisotopic (exact) mass is 465 g/mol. The molecule has 0 saturated heterocycles. The zero-order chi connectivity index (χ0) is 21.7. The number of rotatable bonds is 9. The average Bonchev–Trinajstić information content (AvgIpc) is 3.33. The van der Waals surface area contributed by atoms with Crippen LogP contribution in [0.15, 0.2) is 41.0 Å². The van der Waals surface area contributed by atoms with E-state index in [9.17, 15) is 4.79 Å². The van der Waals surface area contributed by atoms with Crippen LogP contribution < -0.4 is 10.1 Å². The molecular formula is C20H24ClN5O2S2. The number of thiazole rings is 1. The van der Waals surface area contributed by atoms with Crippen molar-refractivity contribution in [1.29, 1.82) is 0 Å². The SMILES string of the molecule is CC(C)Cn1c(SC(C)C(=O)Nc2nccs2)nnc1C(C)Oc1ccccc1Cl. The summed E-state index contributed by atoms with van der Waals surface area (Å²) < 4.78 is 8.06. The second kappa shape index (κ2) is 10.3. The van der Waals surface area contributed by atoms with Crippen LogP contribution in [-0.4, -0.2) is 30.9 Å². The predicted molar refractivity (Wildman–Crippen MR) is 121 cm³/mol. The molecule has 0 aliphatic heterocycles. The molecule has 2 atom stereocenters. The third-order valence-corrected chi connectivity index (χ3v) is 6.19. The molecule has 0 saturated carbocycles. The summed E-state index contributed by atoms with van der Waals surface area (Å²) in [5.74, 6) is 1.52. The van der Waals surface area contributed by atoms with E-state index in [1.54, 1.807) is 12.3 Å². The van der Waals surface area contributed by atoms with Crippen molar-refractivity contribution in [2.24, 2.45) is 5.92 Å². The Balaban J connectivity index is 1.77. The average molecular weight is 466 g/mol. The van der Waals surface area contributed by atoms with Gasteiger partial charge in [-0.05, 0) is 31.9 Å². The van der Waals surface area contributed by atoms with Gasteiger partial charge in [0.05, 0.1) is 10.3 Å². The quantitative estimate of drug-likeness (QED) is 0.431. The fraction of sp³-hybridized carbons (Fsp3) is 0.400. The number of anilines is 1. The lowest BCUT2D eigenvalue weighted by molar-refractivity contribution is -0.115. The van der Waals surface area contributed by atoms with Crippen LogP contribution in [0, 0.1) is 5.92 Å². The lowest BCUT2D eigenvalue weighted by Crippen LogP contribution is -2.23. The Morgan fingerprint density at radius 2 is 2.03 bits per heavy atom. The van der Waals surface area contributed by atoms with Crippen LogP contribution in [0.5, 0.6) is 5.75 Å². The molecule has 160 valence electrons. The number of thioether (sulfide) groups is 1. The molecule has 0 bridgehead atoms. The van der Waals surface area contributed by atoms with Gasteiger partial charge in [-0.25, -0.2) is 4.98 Å². The number of benzene rings is 1. The van der Waals surface area contributed by atoms with Crippen LogP contribution in [-0.2, 0) is 11.3 Å². The first kappa shape index (κ1) is 22.6. The van der Waals surface area contributed by atoms with E-state index < -0.39 is 0 Å². The topological polar surface area (TPSA) is 81.9 Å². The van der Waals surface area contributed by atoms with Crippen molar-refractivity contribution < 1.29 is 9.53 Å². The van der Waals surface area contributed by atoms with E-state index in [1.807, 2.05) is 42.0 Å². The highest BCUT2D eigenvalue weighted by Gasteiger charge is 2.24. The normalized spacial score (nSPS) is 13.3. The molecule has 7 nitrogen and oxygen atoms in total. The Morgan fingerprint density at radius 3 is 2.70 bits per heavy atom. The van der Waals surface area contributed by atoms with Crippen LogP contribution in [0.25, 0.3) is 0 Å². The van der Waals surface area contributed by atoms with Crippen LogP contribution in [0.1, 0.15) is 39.6 Å². The third kappa shape index (κ3) is 5.74. The maximum atomic E-state index is 12.5. The van der Waals surface area contributed by atoms with E-state index in [2.05, 4.69) is 34.3 Å². The molecule has 1 aromatic carbocycles. The smallest absolute Gasteiger partial charge is 0.239 e. The first-order chi connectivity index (χ1) is 14.3. The van der Waals surface area contributed by atoms with Gasteiger partial charge in [-0.3, -0.25) is 4.79 Å². The Morgan fingerprint density at radius 1 is 1.27 bits per heavy atom. The van der Waals surface area contributed by atoms with Crippen molar-refractivity contribution in [2.45, 2.75) is 50.8 Å². The van der Waals surface area contributed by atoms with Crippen molar-refractivity contribution in [3.63, 3.8) is 0 Å². The number of nitrogens with one attached hydrogen (secondary N) is 1. The molecule has 0 spiro atoms. The summed E-state index contributed by atoms with van der Waals surface area (Å²) in [6.45, 7) is 8.71. The highest BCUT2D eigenvalue weighted by atomic mass is 35.5. The van der Waals surface area contributed by atoms with Crippen molar-refractivity contribution in [1.82, 2.24) is 19.7 Å². The van der Waals surface area contributed by atoms with E-state index in [4.69, 9.17) is 16.3 Å². The molecule has 30 heavy (non-hydrogen) atoms. The molecule has 0 fully saturated rings. The Kier molecular flexibility index (Phi) is 7.74. The summed E-state index contributed by atoms with van der Waals surface area (Å²) in [6.07, 6.45) is 1.30. The standard InChI is InChI=1S/C20H24ClN5O2S2/c1-12(2)11-26-17(13(3)28-16-8-6-5-7-15(16)21)24-25-20(26)30-14(4)18(27)23-19-22-9-10-29-19/h5-10,12-14H,11H2,1-4H3,(H,22,23,27). The van der Waals surface area contributed by atoms with Gasteiger partial charge in [-0.15, -0.1) is 21.5 Å². The fourth-order valence-corrected chi connectivity index (χ4v) is 4.29. The van der Waals surface area contributed by atoms with Crippen molar-refractivity contribution >= 4 is 45.7 Å². The lowest BCUT2D eigenvalue weighted by Gasteiger charge is -2.19. The molecular weight excluding hydrogens is 442 g/mol. The molecule has 2 aromatic heterocycles. The number of nitrogens with zero attached hydrogens (tertiary/aromatic N) is 4. The largest absolute Gasteiger partial charge is 0.481 e. The van der Waals surface area contributed by atoms with Gasteiger partial charge in [0.15, 0.2) is 22.2 Å². The minimum atomic E-state index is -0.364. The molecule has 1 N–H and O–H groups in total. The molecule has 10 heteroatoms. The summed E-state index contributed by atoms with van der Waals surface area (Å²) in [7, 11) is 0. The molecule has 0 aliphatic rings. The molecule has 1 amide bonds. The number of carbonyl (C=O) groups is 1. The van der Waals surface area contributed by atoms with Gasteiger partial charge >= 0.3 is 0 Å². The molecule has 2 heterocycles. The van der Waals surface area contributed by atoms with E-state index in [1.165, 1.54) is 23.1 Å². The van der Waals surface area contributed by atoms with E-state index >= 15 is 0 Å². The van der Waals surface area contributed by atoms with Crippen molar-refractivity contribution in [3.8, 4) is 5.75 Å². The summed E-state index contributed by atoms with van der Waals surface area (Å²) >= 11 is 8.97. The first-order valence-corrected chi connectivity index (χ1v) is 11.7. The summed E-state index contributed by atoms with van der Waals surface area (Å²) in [5.41, 5.74) is 0. The third-order valence-electron chi connectivity index (χ3n) is 4.11. The number of hydrogen-bond donors (Lipinski definition) is 1. The van der Waals surface area contributed by atoms with Gasteiger partial charge < -0.3 is 14.6 Å². The Hall–Kier alpha value is -2.10. The first-order valence-electron chi connectivity index (χ1n) is 9.56. The molecule has 0 aliphatic carbocycles. The zero-order valence-electron chi connectivity index (χ0n) is 17.2. The van der Waals surface area contributed by atoms with Crippen molar-refractivity contribution in [3.05, 3.63) is 46.7 Å². The molecule has 3 rings (SSSR count). The van der Waals surface area contributed by atoms with E-state index in [0.717, 1.165) is 0 Å². The zero-order valence-corrected chi connectivity index (χ0v) is 19.6. The minimum Gasteiger partial charge on any atom is -0.481 e. The number of ether oxygens (including phenoxy) is 1. The summed E-state index contributed by atoms with van der Waals surface area (Å²) in [5, 5.41) is 14.8.